The summed E-state index contributed by atoms with van der Waals surface area (Å²) in [5.74, 6) is 0.338. The Bertz CT molecular complexity index is 8420. The summed E-state index contributed by atoms with van der Waals surface area (Å²) < 4.78 is 45.5. The van der Waals surface area contributed by atoms with Crippen LogP contribution in [0.1, 0.15) is 72.8 Å². The summed E-state index contributed by atoms with van der Waals surface area (Å²) in [6.07, 6.45) is -4.64. The number of H-pyrrole nitrogens is 3. The molecule has 15 aromatic carbocycles. The van der Waals surface area contributed by atoms with E-state index in [9.17, 15) is 48.0 Å². The molecule has 0 aliphatic heterocycles. The average Bonchev–Trinajstić information content (AvgIpc) is 1.58. The Morgan fingerprint density at radius 3 is 1.49 bits per heavy atom. The summed E-state index contributed by atoms with van der Waals surface area (Å²) in [6, 6.07) is 86.0. The normalized spacial score (nSPS) is 11.5. The molecule has 145 heavy (non-hydrogen) atoms. The van der Waals surface area contributed by atoms with Crippen molar-refractivity contribution in [2.75, 3.05) is 11.5 Å². The molecule has 4 heterocycles. The predicted octanol–water partition coefficient (Wildman–Crippen LogP) is 32.0. The Morgan fingerprint density at radius 2 is 0.841 bits per heavy atom. The van der Waals surface area contributed by atoms with Gasteiger partial charge in [-0.2, -0.15) is 33.6 Å². The summed E-state index contributed by atoms with van der Waals surface area (Å²) in [4.78, 5) is 37.9. The molecule has 0 aliphatic rings. The Kier molecular flexibility index (Phi) is 32.8. The molecule has 0 radical (unpaired) electrons. The lowest BCUT2D eigenvalue weighted by Crippen LogP contribution is -2.14. The fourth-order valence-electron chi connectivity index (χ4n) is 14.8. The number of hydrogen-bond donors (Lipinski definition) is 9. The Morgan fingerprint density at radius 1 is 0.331 bits per heavy atom. The first kappa shape index (κ1) is 104. The fourth-order valence-corrected chi connectivity index (χ4v) is 15.6. The van der Waals surface area contributed by atoms with E-state index < -0.39 is 17.4 Å². The van der Waals surface area contributed by atoms with E-state index in [4.69, 9.17) is 57.9 Å². The number of nitrogen functional groups attached to an aromatic ring is 2. The van der Waals surface area contributed by atoms with E-state index in [2.05, 4.69) is 94.8 Å². The number of anilines is 2. The molecule has 29 nitrogen and oxygen atoms in total. The van der Waals surface area contributed by atoms with E-state index in [0.717, 1.165) is 84.7 Å². The van der Waals surface area contributed by atoms with Crippen molar-refractivity contribution in [2.45, 2.75) is 89.3 Å². The van der Waals surface area contributed by atoms with Gasteiger partial charge < -0.3 is 31.9 Å². The standard InChI is InChI=1S/C21H18N4O.C18H13ClF3N3O.C18H17ClN4O.C18H18N4O.C17H16ClN5.C17H13ClN2O3/c1-14-12-13-19(18-11-7-6-10-17(14)18)22-23-20-15(2)24-25(21(20)26)16-8-4-3-5-9-16;1-9-6-10-2-4-13(23)17(16(10)15(26)7-9)25-24-14-5-3-11(19)8-12(14)18(20,21)22;1-11-4-7-14(8-5-11)20-21-17-13(3)22-23(18(17)24)16-10-12(2)6-9-15(16)19;1-12-8-10-15(11-9-12)22-18(23)17(14(3)21-22)20-19-16-7-5-4-6-13(16)2;1-11-8-9-13(10-15(11)18)20-21-16-12(2)22-23(17(16)19)14-6-4-3-5-7-14;1-9-7-10(18)8-14(16(9)22)20-19-13-6-5-11-12(17(13)23)3-2-4-15(11)21/h3-13,24H,1-2H3;2-8,26H,23H2,1H3;4-10,22H,1-3H3;4-11,21H,1-3H3;3-10H,19H2,1-2H3;2-8,21-23H,1H3. The van der Waals surface area contributed by atoms with Crippen molar-refractivity contribution < 1.29 is 33.6 Å². The molecule has 4 aromatic heterocycles. The number of rotatable bonds is 16. The topological polar surface area (TPSA) is 412 Å². The predicted molar refractivity (Wildman–Crippen MR) is 569 cm³/mol. The average molecular weight is 2020 g/mol. The van der Waals surface area contributed by atoms with Gasteiger partial charge in [-0.05, 0) is 273 Å². The van der Waals surface area contributed by atoms with Crippen LogP contribution in [0.2, 0.25) is 20.1 Å². The molecule has 36 heteroatoms. The van der Waals surface area contributed by atoms with Gasteiger partial charge in [0.1, 0.15) is 34.3 Å². The van der Waals surface area contributed by atoms with Crippen LogP contribution in [0.25, 0.3) is 55.1 Å². The fraction of sp³-hybridized carbons (Fsp3) is 0.119. The summed E-state index contributed by atoms with van der Waals surface area (Å²) in [7, 11) is 0. The highest BCUT2D eigenvalue weighted by atomic mass is 35.5. The van der Waals surface area contributed by atoms with Gasteiger partial charge in [0.15, 0.2) is 34.3 Å². The van der Waals surface area contributed by atoms with Gasteiger partial charge in [-0.1, -0.05) is 203 Å². The molecule has 732 valence electrons. The number of hydrogen-bond acceptors (Lipinski definition) is 22. The lowest BCUT2D eigenvalue weighted by atomic mass is 10.0. The minimum absolute atomic E-state index is 0.0175. The van der Waals surface area contributed by atoms with Gasteiger partial charge in [0.05, 0.1) is 95.6 Å². The quantitative estimate of drug-likeness (QED) is 0.0325. The number of nitrogens with one attached hydrogen (secondary N) is 3. The van der Waals surface area contributed by atoms with E-state index in [1.54, 1.807) is 80.1 Å². The third-order valence-electron chi connectivity index (χ3n) is 22.6. The number of aromatic amines is 3. The molecule has 0 spiro atoms. The number of aryl methyl sites for hydroxylation is 12. The van der Waals surface area contributed by atoms with Crippen LogP contribution in [0.5, 0.6) is 23.0 Å². The number of nitrogens with two attached hydrogens (primary N) is 2. The van der Waals surface area contributed by atoms with Crippen LogP contribution in [0, 0.1) is 83.1 Å². The maximum absolute atomic E-state index is 13.2. The SMILES string of the molecule is Cc1[nH]n(-c2ccccc2)c(=O)c1N=Nc1ccc(C)c2ccccc12.Cc1cc(Cl)cc(N=Nc2ccc3c(O)cccc3c2O)c1O.Cc1cc(O)c2c(N=Nc3ccc(Cl)cc3C(F)(F)F)c(N)ccc2c1.Cc1ccc(-n2[nH]c(C)c(N=Nc3ccccc3C)c2=O)cc1.Cc1ccc(N=Nc2c(C)[nH]n(-c3cc(C)ccc3Cl)c2=O)cc1.Cc1ccc(N=Nc2c(C)nn(-c3ccccc3)c2N)cc1Cl. The van der Waals surface area contributed by atoms with Gasteiger partial charge >= 0.3 is 6.18 Å². The van der Waals surface area contributed by atoms with E-state index in [1.807, 2.05) is 243 Å². The number of para-hydroxylation sites is 2. The van der Waals surface area contributed by atoms with Crippen molar-refractivity contribution in [2.24, 2.45) is 61.4 Å². The van der Waals surface area contributed by atoms with Crippen LogP contribution in [0.3, 0.4) is 0 Å². The number of halogens is 7. The van der Waals surface area contributed by atoms with E-state index in [-0.39, 0.29) is 73.1 Å². The number of phenols is 4. The van der Waals surface area contributed by atoms with Gasteiger partial charge in [0.2, 0.25) is 0 Å². The Balaban J connectivity index is 0.000000138. The third-order valence-corrected chi connectivity index (χ3v) is 23.8. The molecule has 0 saturated carbocycles. The zero-order chi connectivity index (χ0) is 104. The molecule has 0 unspecified atom stereocenters. The molecule has 0 atom stereocenters. The van der Waals surface area contributed by atoms with Crippen molar-refractivity contribution in [3.8, 4) is 45.7 Å². The van der Waals surface area contributed by atoms with E-state index in [0.29, 0.717) is 105 Å². The molecule has 19 rings (SSSR count). The monoisotopic (exact) mass is 2020 g/mol. The van der Waals surface area contributed by atoms with Crippen LogP contribution < -0.4 is 28.1 Å². The zero-order valence-electron chi connectivity index (χ0n) is 80.1. The highest BCUT2D eigenvalue weighted by Gasteiger charge is 2.34. The van der Waals surface area contributed by atoms with Crippen molar-refractivity contribution >= 4 is 158 Å². The van der Waals surface area contributed by atoms with Gasteiger partial charge in [-0.15, -0.1) is 46.0 Å². The minimum atomic E-state index is -4.64. The number of alkyl halides is 3. The first-order valence-electron chi connectivity index (χ1n) is 44.8. The first-order chi connectivity index (χ1) is 69.4. The Labute approximate surface area is 848 Å². The molecule has 0 fully saturated rings. The van der Waals surface area contributed by atoms with E-state index in [1.165, 1.54) is 49.9 Å². The summed E-state index contributed by atoms with van der Waals surface area (Å²) in [5, 5.41) is 109. The lowest BCUT2D eigenvalue weighted by Gasteiger charge is -2.10. The van der Waals surface area contributed by atoms with Crippen molar-refractivity contribution in [3.63, 3.8) is 0 Å². The second kappa shape index (κ2) is 45.9. The van der Waals surface area contributed by atoms with Crippen molar-refractivity contribution in [3.05, 3.63) is 415 Å². The number of fused-ring (bicyclic) bond motifs is 3. The molecule has 19 aromatic rings. The third kappa shape index (κ3) is 25.0. The van der Waals surface area contributed by atoms with Crippen LogP contribution in [-0.4, -0.2) is 59.5 Å². The number of phenolic OH excluding ortho intramolecular Hbond substituents is 4. The van der Waals surface area contributed by atoms with Crippen LogP contribution >= 0.6 is 46.4 Å². The highest BCUT2D eigenvalue weighted by Crippen LogP contribution is 2.45. The largest absolute Gasteiger partial charge is 0.507 e. The van der Waals surface area contributed by atoms with Gasteiger partial charge in [-0.25, -0.2) is 18.7 Å². The smallest absolute Gasteiger partial charge is 0.418 e. The number of benzene rings is 15. The molecule has 0 bridgehead atoms. The van der Waals surface area contributed by atoms with Crippen molar-refractivity contribution in [1.29, 1.82) is 0 Å². The van der Waals surface area contributed by atoms with Crippen LogP contribution in [0.15, 0.2) is 367 Å². The maximum Gasteiger partial charge on any atom is 0.418 e. The van der Waals surface area contributed by atoms with E-state index >= 15 is 0 Å². The lowest BCUT2D eigenvalue weighted by molar-refractivity contribution is -0.137. The zero-order valence-corrected chi connectivity index (χ0v) is 83.2. The molecule has 0 amide bonds. The highest BCUT2D eigenvalue weighted by molar-refractivity contribution is 6.32. The second-order valence-corrected chi connectivity index (χ2v) is 35.2. The van der Waals surface area contributed by atoms with Crippen molar-refractivity contribution in [1.82, 2.24) is 39.1 Å². The summed E-state index contributed by atoms with van der Waals surface area (Å²) in [5.41, 5.74) is 28.7. The number of azo groups is 6. The maximum atomic E-state index is 13.2. The summed E-state index contributed by atoms with van der Waals surface area (Å²) >= 11 is 23.9. The number of aromatic nitrogens is 8. The minimum Gasteiger partial charge on any atom is -0.507 e. The molecule has 0 saturated heterocycles. The number of nitrogens with zero attached hydrogens (tertiary/aromatic N) is 17. The molecular formula is C109H95Cl4F3N22O7. The van der Waals surface area contributed by atoms with Gasteiger partial charge in [0.25, 0.3) is 16.7 Å². The number of aromatic hydroxyl groups is 4. The molecule has 11 N–H and O–H groups in total. The second-order valence-electron chi connectivity index (χ2n) is 33.5. The van der Waals surface area contributed by atoms with Crippen LogP contribution in [-0.2, 0) is 6.18 Å². The van der Waals surface area contributed by atoms with Gasteiger partial charge in [-0.3, -0.25) is 29.7 Å². The van der Waals surface area contributed by atoms with Crippen LogP contribution in [0.4, 0.5) is 92.9 Å². The van der Waals surface area contributed by atoms with Gasteiger partial charge in [0, 0.05) is 31.2 Å². The Hall–Kier alpha value is -17.3. The summed E-state index contributed by atoms with van der Waals surface area (Å²) in [6.45, 7) is 22.7. The molecule has 0 aliphatic carbocycles. The first-order valence-corrected chi connectivity index (χ1v) is 46.3. The molecular weight excluding hydrogens is 1930 g/mol.